The molecule has 0 spiro atoms. The predicted molar refractivity (Wildman–Crippen MR) is 112 cm³/mol. The van der Waals surface area contributed by atoms with E-state index in [9.17, 15) is 0 Å². The molecule has 0 N–H and O–H groups in total. The Kier molecular flexibility index (Phi) is 6.89. The van der Waals surface area contributed by atoms with Crippen LogP contribution in [0.5, 0.6) is 5.75 Å². The van der Waals surface area contributed by atoms with E-state index in [4.69, 9.17) is 21.2 Å². The summed E-state index contributed by atoms with van der Waals surface area (Å²) in [7, 11) is 0. The lowest BCUT2D eigenvalue weighted by atomic mass is 10.0. The Hall–Kier alpha value is -2.78. The molecule has 0 atom stereocenters. The summed E-state index contributed by atoms with van der Waals surface area (Å²) in [6.07, 6.45) is 0.792. The van der Waals surface area contributed by atoms with Crippen molar-refractivity contribution < 1.29 is 9.57 Å². The van der Waals surface area contributed by atoms with Gasteiger partial charge in [0.05, 0.1) is 5.71 Å². The van der Waals surface area contributed by atoms with Gasteiger partial charge in [-0.05, 0) is 47.4 Å². The normalized spacial score (nSPS) is 11.3. The zero-order valence-electron chi connectivity index (χ0n) is 15.3. The molecule has 0 aliphatic carbocycles. The number of hydrogen-bond acceptors (Lipinski definition) is 3. The van der Waals surface area contributed by atoms with Crippen LogP contribution in [0.3, 0.4) is 0 Å². The van der Waals surface area contributed by atoms with Crippen molar-refractivity contribution in [1.82, 2.24) is 0 Å². The van der Waals surface area contributed by atoms with Crippen molar-refractivity contribution >= 4 is 17.3 Å². The van der Waals surface area contributed by atoms with Gasteiger partial charge in [0, 0.05) is 5.02 Å². The molecule has 0 amide bonds. The molecule has 0 heterocycles. The molecule has 3 rings (SSSR count). The van der Waals surface area contributed by atoms with Crippen LogP contribution in [0.4, 0.5) is 0 Å². The number of ether oxygens (including phenoxy) is 1. The van der Waals surface area contributed by atoms with Crippen LogP contribution in [-0.4, -0.2) is 18.9 Å². The van der Waals surface area contributed by atoms with E-state index < -0.39 is 0 Å². The average molecular weight is 380 g/mol. The van der Waals surface area contributed by atoms with Crippen molar-refractivity contribution in [2.24, 2.45) is 5.16 Å². The molecule has 0 saturated carbocycles. The molecule has 0 bridgehead atoms. The van der Waals surface area contributed by atoms with Gasteiger partial charge < -0.3 is 9.57 Å². The molecule has 138 valence electrons. The highest BCUT2D eigenvalue weighted by molar-refractivity contribution is 6.30. The molecule has 3 aromatic carbocycles. The molecule has 0 aliphatic heterocycles. The van der Waals surface area contributed by atoms with E-state index >= 15 is 0 Å². The largest absolute Gasteiger partial charge is 0.490 e. The highest BCUT2D eigenvalue weighted by atomic mass is 35.5. The van der Waals surface area contributed by atoms with E-state index in [0.29, 0.717) is 13.2 Å². The molecule has 0 aromatic heterocycles. The Morgan fingerprint density at radius 3 is 2.07 bits per heavy atom. The summed E-state index contributed by atoms with van der Waals surface area (Å²) in [6.45, 7) is 2.93. The summed E-state index contributed by atoms with van der Waals surface area (Å²) < 4.78 is 5.60. The molecule has 0 radical (unpaired) electrons. The van der Waals surface area contributed by atoms with E-state index in [1.165, 1.54) is 0 Å². The van der Waals surface area contributed by atoms with Crippen molar-refractivity contribution in [3.63, 3.8) is 0 Å². The first-order valence-electron chi connectivity index (χ1n) is 8.99. The van der Waals surface area contributed by atoms with E-state index in [2.05, 4.69) is 36.3 Å². The van der Waals surface area contributed by atoms with Crippen LogP contribution in [0.2, 0.25) is 5.02 Å². The lowest BCUT2D eigenvalue weighted by molar-refractivity contribution is 0.107. The lowest BCUT2D eigenvalue weighted by Gasteiger charge is -2.08. The SMILES string of the molecule is CC/C(=N\OCCOc1ccccc1)c1ccc(-c2ccc(Cl)cc2)cc1. The molecular weight excluding hydrogens is 358 g/mol. The maximum absolute atomic E-state index is 5.95. The van der Waals surface area contributed by atoms with Crippen molar-refractivity contribution in [1.29, 1.82) is 0 Å². The van der Waals surface area contributed by atoms with Crippen LogP contribution in [0.25, 0.3) is 11.1 Å². The van der Waals surface area contributed by atoms with Crippen molar-refractivity contribution in [2.45, 2.75) is 13.3 Å². The molecule has 0 fully saturated rings. The summed E-state index contributed by atoms with van der Waals surface area (Å²) in [6, 6.07) is 25.8. The van der Waals surface area contributed by atoms with Crippen molar-refractivity contribution in [3.8, 4) is 16.9 Å². The molecule has 0 aliphatic rings. The third kappa shape index (κ3) is 5.60. The predicted octanol–water partition coefficient (Wildman–Crippen LogP) is 6.22. The minimum absolute atomic E-state index is 0.404. The van der Waals surface area contributed by atoms with Crippen LogP contribution >= 0.6 is 11.6 Å². The monoisotopic (exact) mass is 379 g/mol. The minimum atomic E-state index is 0.404. The number of halogens is 1. The number of rotatable bonds is 8. The third-order valence-corrected chi connectivity index (χ3v) is 4.34. The Morgan fingerprint density at radius 1 is 0.815 bits per heavy atom. The summed E-state index contributed by atoms with van der Waals surface area (Å²) in [5.41, 5.74) is 4.25. The fourth-order valence-corrected chi connectivity index (χ4v) is 2.78. The van der Waals surface area contributed by atoms with Gasteiger partial charge in [0.25, 0.3) is 0 Å². The number of para-hydroxylation sites is 1. The molecule has 3 nitrogen and oxygen atoms in total. The highest BCUT2D eigenvalue weighted by Gasteiger charge is 2.04. The number of hydrogen-bond donors (Lipinski definition) is 0. The summed E-state index contributed by atoms with van der Waals surface area (Å²) >= 11 is 5.95. The van der Waals surface area contributed by atoms with Crippen LogP contribution in [0.15, 0.2) is 84.0 Å². The van der Waals surface area contributed by atoms with Crippen molar-refractivity contribution in [3.05, 3.63) is 89.4 Å². The van der Waals surface area contributed by atoms with E-state index in [1.54, 1.807) is 0 Å². The van der Waals surface area contributed by atoms with Crippen LogP contribution in [0, 0.1) is 0 Å². The number of nitrogens with zero attached hydrogens (tertiary/aromatic N) is 1. The van der Waals surface area contributed by atoms with Gasteiger partial charge in [-0.3, -0.25) is 0 Å². The van der Waals surface area contributed by atoms with Crippen molar-refractivity contribution in [2.75, 3.05) is 13.2 Å². The molecular formula is C23H22ClNO2. The van der Waals surface area contributed by atoms with Gasteiger partial charge in [-0.2, -0.15) is 0 Å². The first-order chi connectivity index (χ1) is 13.3. The zero-order valence-corrected chi connectivity index (χ0v) is 16.0. The maximum atomic E-state index is 5.95. The Bertz CT molecular complexity index is 859. The van der Waals surface area contributed by atoms with Crippen LogP contribution in [0.1, 0.15) is 18.9 Å². The van der Waals surface area contributed by atoms with Crippen LogP contribution < -0.4 is 4.74 Å². The summed E-state index contributed by atoms with van der Waals surface area (Å²) in [5, 5.41) is 5.02. The third-order valence-electron chi connectivity index (χ3n) is 4.09. The molecule has 0 saturated heterocycles. The highest BCUT2D eigenvalue weighted by Crippen LogP contribution is 2.22. The van der Waals surface area contributed by atoms with Gasteiger partial charge >= 0.3 is 0 Å². The number of oxime groups is 1. The first-order valence-corrected chi connectivity index (χ1v) is 9.37. The molecule has 3 aromatic rings. The van der Waals surface area contributed by atoms with Gasteiger partial charge in [-0.15, -0.1) is 0 Å². The van der Waals surface area contributed by atoms with Gasteiger partial charge in [0.15, 0.2) is 6.61 Å². The molecule has 27 heavy (non-hydrogen) atoms. The average Bonchev–Trinajstić information content (AvgIpc) is 2.72. The summed E-state index contributed by atoms with van der Waals surface area (Å²) in [4.78, 5) is 5.44. The summed E-state index contributed by atoms with van der Waals surface area (Å²) in [5.74, 6) is 0.832. The van der Waals surface area contributed by atoms with Gasteiger partial charge in [-0.1, -0.05) is 78.3 Å². The molecule has 0 unspecified atom stereocenters. The second-order valence-corrected chi connectivity index (χ2v) is 6.41. The minimum Gasteiger partial charge on any atom is -0.490 e. The van der Waals surface area contributed by atoms with Gasteiger partial charge in [-0.25, -0.2) is 0 Å². The number of benzene rings is 3. The second-order valence-electron chi connectivity index (χ2n) is 5.97. The van der Waals surface area contributed by atoms with E-state index in [1.807, 2.05) is 54.6 Å². The Morgan fingerprint density at radius 2 is 1.44 bits per heavy atom. The second kappa shape index (κ2) is 9.79. The zero-order chi connectivity index (χ0) is 18.9. The maximum Gasteiger partial charge on any atom is 0.151 e. The van der Waals surface area contributed by atoms with Gasteiger partial charge in [0.2, 0.25) is 0 Å². The van der Waals surface area contributed by atoms with Crippen LogP contribution in [-0.2, 0) is 4.84 Å². The fourth-order valence-electron chi connectivity index (χ4n) is 2.66. The fraction of sp³-hybridized carbons (Fsp3) is 0.174. The topological polar surface area (TPSA) is 30.8 Å². The first kappa shape index (κ1) is 19.0. The smallest absolute Gasteiger partial charge is 0.151 e. The Balaban J connectivity index is 1.56. The van der Waals surface area contributed by atoms with Gasteiger partial charge in [0.1, 0.15) is 12.4 Å². The molecule has 4 heteroatoms. The van der Waals surface area contributed by atoms with E-state index in [0.717, 1.165) is 39.6 Å². The van der Waals surface area contributed by atoms with E-state index in [-0.39, 0.29) is 0 Å². The standard InChI is InChI=1S/C23H22ClNO2/c1-2-23(25-27-17-16-26-22-6-4-3-5-7-22)20-10-8-18(9-11-20)19-12-14-21(24)15-13-19/h3-15H,2,16-17H2,1H3/b25-23+. The lowest BCUT2D eigenvalue weighted by Crippen LogP contribution is -2.06. The quantitative estimate of drug-likeness (QED) is 0.264. The Labute approximate surface area is 165 Å².